The zero-order valence-corrected chi connectivity index (χ0v) is 17.0. The lowest BCUT2D eigenvalue weighted by Gasteiger charge is -2.41. The quantitative estimate of drug-likeness (QED) is 0.725. The van der Waals surface area contributed by atoms with E-state index in [9.17, 15) is 14.4 Å². The number of carbonyl (C=O) groups excluding carboxylic acids is 3. The van der Waals surface area contributed by atoms with Gasteiger partial charge in [-0.05, 0) is 54.5 Å². The van der Waals surface area contributed by atoms with Crippen LogP contribution in [0.1, 0.15) is 68.7 Å². The number of hydrogen-bond acceptors (Lipinski definition) is 3. The van der Waals surface area contributed by atoms with Gasteiger partial charge in [-0.15, -0.1) is 0 Å². The van der Waals surface area contributed by atoms with Crippen LogP contribution in [0.2, 0.25) is 0 Å². The van der Waals surface area contributed by atoms with Gasteiger partial charge in [-0.3, -0.25) is 19.3 Å². The van der Waals surface area contributed by atoms with Crippen LogP contribution in [0.25, 0.3) is 0 Å². The summed E-state index contributed by atoms with van der Waals surface area (Å²) < 4.78 is 0. The molecule has 2 aliphatic heterocycles. The van der Waals surface area contributed by atoms with Crippen molar-refractivity contribution in [2.24, 2.45) is 11.8 Å². The van der Waals surface area contributed by atoms with Crippen molar-refractivity contribution < 1.29 is 14.4 Å². The van der Waals surface area contributed by atoms with Crippen molar-refractivity contribution in [3.63, 3.8) is 0 Å². The Bertz CT molecular complexity index is 980. The lowest BCUT2D eigenvalue weighted by atomic mass is 9.75. The topological polar surface area (TPSA) is 57.7 Å². The van der Waals surface area contributed by atoms with E-state index in [1.165, 1.54) is 30.6 Å². The van der Waals surface area contributed by atoms with E-state index in [4.69, 9.17) is 0 Å². The van der Waals surface area contributed by atoms with Crippen LogP contribution >= 0.6 is 0 Å². The summed E-state index contributed by atoms with van der Waals surface area (Å²) in [4.78, 5) is 41.7. The van der Waals surface area contributed by atoms with E-state index in [1.807, 2.05) is 29.2 Å². The molecule has 0 bridgehead atoms. The second-order valence-corrected chi connectivity index (χ2v) is 8.79. The van der Waals surface area contributed by atoms with Gasteiger partial charge in [0, 0.05) is 18.7 Å². The first-order valence-electron chi connectivity index (χ1n) is 11.0. The molecule has 0 N–H and O–H groups in total. The summed E-state index contributed by atoms with van der Waals surface area (Å²) in [6.45, 7) is 1.85. The highest BCUT2D eigenvalue weighted by Gasteiger charge is 2.36. The maximum Gasteiger partial charge on any atom is 0.261 e. The van der Waals surface area contributed by atoms with Crippen molar-refractivity contribution in [3.8, 4) is 0 Å². The van der Waals surface area contributed by atoms with Gasteiger partial charge in [-0.1, -0.05) is 43.5 Å². The van der Waals surface area contributed by atoms with Gasteiger partial charge >= 0.3 is 0 Å². The highest BCUT2D eigenvalue weighted by atomic mass is 16.2. The molecule has 0 spiro atoms. The first-order chi connectivity index (χ1) is 14.6. The van der Waals surface area contributed by atoms with E-state index >= 15 is 0 Å². The molecule has 1 saturated carbocycles. The van der Waals surface area contributed by atoms with Crippen LogP contribution < -0.4 is 0 Å². The number of piperidine rings is 1. The number of rotatable bonds is 3. The van der Waals surface area contributed by atoms with Crippen LogP contribution in [-0.4, -0.2) is 40.6 Å². The van der Waals surface area contributed by atoms with Gasteiger partial charge < -0.3 is 4.90 Å². The first-order valence-corrected chi connectivity index (χ1v) is 11.0. The molecule has 30 heavy (non-hydrogen) atoms. The fraction of sp³-hybridized carbons (Fsp3) is 0.400. The first kappa shape index (κ1) is 19.0. The number of nitrogens with zero attached hydrogens (tertiary/aromatic N) is 2. The Labute approximate surface area is 176 Å². The van der Waals surface area contributed by atoms with Crippen molar-refractivity contribution in [3.05, 3.63) is 70.8 Å². The van der Waals surface area contributed by atoms with E-state index < -0.39 is 0 Å². The van der Waals surface area contributed by atoms with Gasteiger partial charge in [0.05, 0.1) is 17.7 Å². The summed E-state index contributed by atoms with van der Waals surface area (Å²) in [5, 5.41) is 0. The molecule has 0 unspecified atom stereocenters. The Morgan fingerprint density at radius 1 is 0.867 bits per heavy atom. The fourth-order valence-electron chi connectivity index (χ4n) is 5.34. The predicted octanol–water partition coefficient (Wildman–Crippen LogP) is 4.14. The number of fused-ring (bicyclic) bond motifs is 2. The highest BCUT2D eigenvalue weighted by Crippen LogP contribution is 2.36. The number of hydrogen-bond donors (Lipinski definition) is 0. The molecular weight excluding hydrogens is 376 g/mol. The van der Waals surface area contributed by atoms with Gasteiger partial charge in [0.2, 0.25) is 0 Å². The van der Waals surface area contributed by atoms with Gasteiger partial charge in [0.15, 0.2) is 0 Å². The van der Waals surface area contributed by atoms with Crippen molar-refractivity contribution in [2.75, 3.05) is 13.1 Å². The second kappa shape index (κ2) is 7.71. The van der Waals surface area contributed by atoms with Gasteiger partial charge in [0.1, 0.15) is 0 Å². The number of amides is 3. The smallest absolute Gasteiger partial charge is 0.261 e. The summed E-state index contributed by atoms with van der Waals surface area (Å²) in [5.41, 5.74) is 2.33. The van der Waals surface area contributed by atoms with Crippen molar-refractivity contribution >= 4 is 17.7 Å². The molecule has 2 fully saturated rings. The number of carbonyl (C=O) groups is 3. The van der Waals surface area contributed by atoms with E-state index in [-0.39, 0.29) is 24.3 Å². The molecular formula is C25H26N2O3. The van der Waals surface area contributed by atoms with E-state index in [0.717, 1.165) is 31.0 Å². The molecule has 5 rings (SSSR count). The lowest BCUT2D eigenvalue weighted by molar-refractivity contribution is 0.0520. The minimum atomic E-state index is -0.272. The third kappa shape index (κ3) is 3.32. The maximum atomic E-state index is 13.1. The van der Waals surface area contributed by atoms with Crippen LogP contribution in [0.3, 0.4) is 0 Å². The van der Waals surface area contributed by atoms with Gasteiger partial charge in [-0.25, -0.2) is 0 Å². The molecule has 5 heteroatoms. The zero-order valence-electron chi connectivity index (χ0n) is 17.0. The molecule has 5 nitrogen and oxygen atoms in total. The van der Waals surface area contributed by atoms with Crippen molar-refractivity contribution in [2.45, 2.75) is 38.6 Å². The number of imide groups is 1. The molecule has 3 amide bonds. The number of benzene rings is 2. The zero-order chi connectivity index (χ0) is 20.7. The molecule has 1 aliphatic carbocycles. The minimum Gasteiger partial charge on any atom is -0.338 e. The predicted molar refractivity (Wildman–Crippen MR) is 113 cm³/mol. The monoisotopic (exact) mass is 402 g/mol. The summed E-state index contributed by atoms with van der Waals surface area (Å²) in [7, 11) is 0. The third-order valence-corrected chi connectivity index (χ3v) is 6.97. The molecule has 0 radical (unpaired) electrons. The molecule has 0 aromatic heterocycles. The Morgan fingerprint density at radius 2 is 1.57 bits per heavy atom. The summed E-state index contributed by atoms with van der Waals surface area (Å²) in [6.07, 6.45) is 6.25. The molecule has 2 atom stereocenters. The third-order valence-electron chi connectivity index (χ3n) is 6.97. The van der Waals surface area contributed by atoms with Crippen LogP contribution in [0.5, 0.6) is 0 Å². The molecule has 2 aromatic rings. The van der Waals surface area contributed by atoms with Crippen molar-refractivity contribution in [1.82, 2.24) is 9.80 Å². The fourth-order valence-corrected chi connectivity index (χ4v) is 5.34. The van der Waals surface area contributed by atoms with Crippen LogP contribution in [0, 0.1) is 11.8 Å². The Balaban J connectivity index is 1.31. The van der Waals surface area contributed by atoms with E-state index in [0.29, 0.717) is 22.6 Å². The van der Waals surface area contributed by atoms with Crippen molar-refractivity contribution in [1.29, 1.82) is 0 Å². The maximum absolute atomic E-state index is 13.1. The molecule has 2 aromatic carbocycles. The summed E-state index contributed by atoms with van der Waals surface area (Å²) in [5.74, 6) is 0.933. The Kier molecular flexibility index (Phi) is 4.89. The minimum absolute atomic E-state index is 0.0586. The summed E-state index contributed by atoms with van der Waals surface area (Å²) in [6, 6.07) is 14.3. The molecule has 154 valence electrons. The SMILES string of the molecule is O=C(c1cccc(CN2C(=O)c3ccccc3C2=O)c1)N1CC[C@@H]2CCCC[C@@H]2C1. The van der Waals surface area contributed by atoms with Gasteiger partial charge in [-0.2, -0.15) is 0 Å². The summed E-state index contributed by atoms with van der Waals surface area (Å²) >= 11 is 0. The second-order valence-electron chi connectivity index (χ2n) is 8.79. The Morgan fingerprint density at radius 3 is 2.30 bits per heavy atom. The highest BCUT2D eigenvalue weighted by molar-refractivity contribution is 6.21. The standard InChI is InChI=1S/C25H26N2O3/c28-23(26-13-12-18-7-1-2-8-20(18)16-26)19-9-5-6-17(14-19)15-27-24(29)21-10-3-4-11-22(21)25(27)30/h3-6,9-11,14,18,20H,1-2,7-8,12-13,15-16H2/t18-,20+/m0/s1. The largest absolute Gasteiger partial charge is 0.338 e. The van der Waals surface area contributed by atoms with E-state index in [1.54, 1.807) is 24.3 Å². The van der Waals surface area contributed by atoms with Crippen LogP contribution in [0.15, 0.2) is 48.5 Å². The lowest BCUT2D eigenvalue weighted by Crippen LogP contribution is -2.44. The molecule has 2 heterocycles. The normalized spacial score (nSPS) is 23.3. The average Bonchev–Trinajstić information content (AvgIpc) is 3.03. The average molecular weight is 402 g/mol. The van der Waals surface area contributed by atoms with Gasteiger partial charge in [0.25, 0.3) is 17.7 Å². The molecule has 3 aliphatic rings. The van der Waals surface area contributed by atoms with Crippen LogP contribution in [0.4, 0.5) is 0 Å². The Hall–Kier alpha value is -2.95. The molecule has 1 saturated heterocycles. The van der Waals surface area contributed by atoms with E-state index in [2.05, 4.69) is 0 Å². The number of likely N-dealkylation sites (tertiary alicyclic amines) is 1. The van der Waals surface area contributed by atoms with Crippen LogP contribution in [-0.2, 0) is 6.54 Å².